The van der Waals surface area contributed by atoms with Crippen molar-refractivity contribution in [1.82, 2.24) is 24.9 Å². The van der Waals surface area contributed by atoms with Crippen molar-refractivity contribution in [2.75, 3.05) is 39.4 Å². The van der Waals surface area contributed by atoms with Crippen LogP contribution in [0.25, 0.3) is 11.5 Å². The Morgan fingerprint density at radius 3 is 2.49 bits per heavy atom. The molecule has 0 spiro atoms. The topological polar surface area (TPSA) is 97.7 Å². The molecule has 3 fully saturated rings. The highest BCUT2D eigenvalue weighted by Crippen LogP contribution is 2.31. The van der Waals surface area contributed by atoms with Crippen LogP contribution in [0.5, 0.6) is 0 Å². The molecule has 3 aliphatic rings. The lowest BCUT2D eigenvalue weighted by Crippen LogP contribution is -2.45. The number of hydrogen-bond acceptors (Lipinski definition) is 8. The van der Waals surface area contributed by atoms with Crippen molar-refractivity contribution in [3.05, 3.63) is 53.0 Å². The summed E-state index contributed by atoms with van der Waals surface area (Å²) in [5.41, 5.74) is 3.20. The third-order valence-corrected chi connectivity index (χ3v) is 8.63. The van der Waals surface area contributed by atoms with Gasteiger partial charge in [0.05, 0.1) is 11.6 Å². The standard InChI is InChI=1S/C30H39N5O4/c1-20-5-7-23(8-6-20)28-31-26(21(2)38-28)19-34-14-9-24(10-15-34)30(36)35-13-3-4-25(18-35)29-32-27(33-39-29)22-11-16-37-17-12-22/h5-8,22,24-25H,3-4,9-19H2,1-2H3. The third kappa shape index (κ3) is 5.94. The first-order valence-electron chi connectivity index (χ1n) is 14.5. The SMILES string of the molecule is Cc1ccc(-c2nc(CN3CCC(C(=O)N4CCCC(c5nc(C6CCOCC6)no5)C4)CC3)c(C)o2)cc1. The van der Waals surface area contributed by atoms with Crippen LogP contribution < -0.4 is 0 Å². The maximum absolute atomic E-state index is 13.5. The van der Waals surface area contributed by atoms with Crippen LogP contribution in [0, 0.1) is 19.8 Å². The Morgan fingerprint density at radius 2 is 1.72 bits per heavy atom. The van der Waals surface area contributed by atoms with Crippen LogP contribution in [0.3, 0.4) is 0 Å². The Balaban J connectivity index is 1.01. The number of likely N-dealkylation sites (tertiary alicyclic amines) is 2. The number of nitrogens with zero attached hydrogens (tertiary/aromatic N) is 5. The van der Waals surface area contributed by atoms with Crippen molar-refractivity contribution in [2.24, 2.45) is 5.92 Å². The summed E-state index contributed by atoms with van der Waals surface area (Å²) in [7, 11) is 0. The van der Waals surface area contributed by atoms with Crippen molar-refractivity contribution < 1.29 is 18.5 Å². The van der Waals surface area contributed by atoms with Crippen molar-refractivity contribution in [2.45, 2.75) is 70.8 Å². The largest absolute Gasteiger partial charge is 0.441 e. The van der Waals surface area contributed by atoms with Gasteiger partial charge in [-0.1, -0.05) is 22.9 Å². The van der Waals surface area contributed by atoms with Gasteiger partial charge in [0.25, 0.3) is 0 Å². The zero-order valence-electron chi connectivity index (χ0n) is 23.1. The minimum absolute atomic E-state index is 0.0713. The van der Waals surface area contributed by atoms with Gasteiger partial charge in [0.1, 0.15) is 5.76 Å². The molecule has 9 nitrogen and oxygen atoms in total. The minimum Gasteiger partial charge on any atom is -0.441 e. The predicted molar refractivity (Wildman–Crippen MR) is 145 cm³/mol. The molecule has 3 aromatic rings. The average molecular weight is 534 g/mol. The van der Waals surface area contributed by atoms with E-state index in [1.54, 1.807) is 0 Å². The zero-order valence-corrected chi connectivity index (χ0v) is 23.1. The molecule has 208 valence electrons. The number of oxazole rings is 1. The van der Waals surface area contributed by atoms with Crippen LogP contribution in [0.15, 0.2) is 33.2 Å². The molecule has 0 aliphatic carbocycles. The molecule has 39 heavy (non-hydrogen) atoms. The van der Waals surface area contributed by atoms with Crippen LogP contribution in [-0.2, 0) is 16.1 Å². The van der Waals surface area contributed by atoms with Gasteiger partial charge in [-0.05, 0) is 77.6 Å². The molecule has 1 atom stereocenters. The van der Waals surface area contributed by atoms with Gasteiger partial charge in [-0.15, -0.1) is 0 Å². The number of aromatic nitrogens is 3. The molecule has 9 heteroatoms. The minimum atomic E-state index is 0.0713. The Morgan fingerprint density at radius 1 is 0.949 bits per heavy atom. The average Bonchev–Trinajstić information content (AvgIpc) is 3.61. The Hall–Kier alpha value is -3.04. The zero-order chi connectivity index (χ0) is 26.8. The van der Waals surface area contributed by atoms with Gasteiger partial charge in [0.2, 0.25) is 17.7 Å². The van der Waals surface area contributed by atoms with E-state index in [1.165, 1.54) is 5.56 Å². The van der Waals surface area contributed by atoms with Crippen LogP contribution in [-0.4, -0.2) is 70.2 Å². The van der Waals surface area contributed by atoms with Gasteiger partial charge < -0.3 is 18.6 Å². The number of benzene rings is 1. The number of carbonyl (C=O) groups excluding carboxylic acids is 1. The molecule has 0 N–H and O–H groups in total. The first-order chi connectivity index (χ1) is 19.0. The molecular weight excluding hydrogens is 494 g/mol. The second-order valence-corrected chi connectivity index (χ2v) is 11.4. The normalized spacial score (nSPS) is 21.9. The lowest BCUT2D eigenvalue weighted by molar-refractivity contribution is -0.138. The van der Waals surface area contributed by atoms with Crippen molar-refractivity contribution >= 4 is 5.91 Å². The van der Waals surface area contributed by atoms with E-state index >= 15 is 0 Å². The first kappa shape index (κ1) is 26.2. The molecule has 1 aromatic carbocycles. The number of carbonyl (C=O) groups is 1. The first-order valence-corrected chi connectivity index (χ1v) is 14.5. The number of hydrogen-bond donors (Lipinski definition) is 0. The van der Waals surface area contributed by atoms with E-state index in [0.717, 1.165) is 101 Å². The fraction of sp³-hybridized carbons (Fsp3) is 0.600. The van der Waals surface area contributed by atoms with Crippen LogP contribution in [0.2, 0.25) is 0 Å². The summed E-state index contributed by atoms with van der Waals surface area (Å²) in [6.45, 7) is 9.59. The molecule has 3 saturated heterocycles. The predicted octanol–water partition coefficient (Wildman–Crippen LogP) is 4.85. The molecular formula is C30H39N5O4. The Kier molecular flexibility index (Phi) is 7.79. The highest BCUT2D eigenvalue weighted by Gasteiger charge is 2.34. The highest BCUT2D eigenvalue weighted by molar-refractivity contribution is 5.79. The fourth-order valence-corrected chi connectivity index (χ4v) is 6.12. The van der Waals surface area contributed by atoms with Gasteiger partial charge in [0.15, 0.2) is 5.82 Å². The summed E-state index contributed by atoms with van der Waals surface area (Å²) >= 11 is 0. The maximum Gasteiger partial charge on any atom is 0.231 e. The molecule has 1 amide bonds. The molecule has 1 unspecified atom stereocenters. The van der Waals surface area contributed by atoms with E-state index in [0.29, 0.717) is 24.2 Å². The number of piperidine rings is 2. The third-order valence-electron chi connectivity index (χ3n) is 8.63. The fourth-order valence-electron chi connectivity index (χ4n) is 6.12. The monoisotopic (exact) mass is 533 g/mol. The van der Waals surface area contributed by atoms with Gasteiger partial charge in [-0.25, -0.2) is 4.98 Å². The molecule has 6 rings (SSSR count). The molecule has 0 bridgehead atoms. The Labute approximate surface area is 229 Å². The van der Waals surface area contributed by atoms with E-state index in [1.807, 2.05) is 11.8 Å². The summed E-state index contributed by atoms with van der Waals surface area (Å²) in [5, 5.41) is 4.28. The summed E-state index contributed by atoms with van der Waals surface area (Å²) in [5.74, 6) is 3.83. The number of aryl methyl sites for hydroxylation is 2. The lowest BCUT2D eigenvalue weighted by Gasteiger charge is -2.37. The van der Waals surface area contributed by atoms with Gasteiger partial charge in [-0.2, -0.15) is 4.98 Å². The van der Waals surface area contributed by atoms with Crippen molar-refractivity contribution in [3.8, 4) is 11.5 Å². The molecule has 0 radical (unpaired) electrons. The second-order valence-electron chi connectivity index (χ2n) is 11.4. The second kappa shape index (κ2) is 11.6. The summed E-state index contributed by atoms with van der Waals surface area (Å²) in [6, 6.07) is 8.26. The summed E-state index contributed by atoms with van der Waals surface area (Å²) in [4.78, 5) is 27.5. The van der Waals surface area contributed by atoms with E-state index in [4.69, 9.17) is 23.6 Å². The van der Waals surface area contributed by atoms with Crippen LogP contribution in [0.4, 0.5) is 0 Å². The molecule has 5 heterocycles. The smallest absolute Gasteiger partial charge is 0.231 e. The van der Waals surface area contributed by atoms with Gasteiger partial charge >= 0.3 is 0 Å². The number of rotatable bonds is 6. The van der Waals surface area contributed by atoms with Gasteiger partial charge in [0, 0.05) is 50.2 Å². The summed E-state index contributed by atoms with van der Waals surface area (Å²) in [6.07, 6.45) is 5.58. The maximum atomic E-state index is 13.5. The van der Waals surface area contributed by atoms with Crippen LogP contribution >= 0.6 is 0 Å². The van der Waals surface area contributed by atoms with Crippen molar-refractivity contribution in [1.29, 1.82) is 0 Å². The van der Waals surface area contributed by atoms with Gasteiger partial charge in [-0.3, -0.25) is 9.69 Å². The number of ether oxygens (including phenoxy) is 1. The molecule has 0 saturated carbocycles. The number of amides is 1. The summed E-state index contributed by atoms with van der Waals surface area (Å²) < 4.78 is 17.1. The lowest BCUT2D eigenvalue weighted by atomic mass is 9.92. The van der Waals surface area contributed by atoms with E-state index in [9.17, 15) is 4.79 Å². The van der Waals surface area contributed by atoms with Crippen LogP contribution in [0.1, 0.15) is 79.1 Å². The molecule has 2 aromatic heterocycles. The van der Waals surface area contributed by atoms with Crippen molar-refractivity contribution in [3.63, 3.8) is 0 Å². The van der Waals surface area contributed by atoms with E-state index < -0.39 is 0 Å². The molecule has 3 aliphatic heterocycles. The Bertz CT molecular complexity index is 1250. The van der Waals surface area contributed by atoms with E-state index in [2.05, 4.69) is 41.2 Å². The van der Waals surface area contributed by atoms with E-state index in [-0.39, 0.29) is 17.7 Å². The highest BCUT2D eigenvalue weighted by atomic mass is 16.5. The quantitative estimate of drug-likeness (QED) is 0.443.